The lowest BCUT2D eigenvalue weighted by atomic mass is 10.2. The number of halogens is 4. The number of rotatable bonds is 9. The van der Waals surface area contributed by atoms with Crippen molar-refractivity contribution in [3.8, 4) is 11.5 Å². The molecule has 12 heteroatoms. The van der Waals surface area contributed by atoms with Crippen LogP contribution in [0.2, 0.25) is 10.0 Å². The van der Waals surface area contributed by atoms with E-state index in [1.165, 1.54) is 18.0 Å². The Hall–Kier alpha value is -1.82. The summed E-state index contributed by atoms with van der Waals surface area (Å²) in [5.74, 6) is 0.958. The highest BCUT2D eigenvalue weighted by Gasteiger charge is 2.17. The number of thiazole rings is 1. The van der Waals surface area contributed by atoms with E-state index in [-0.39, 0.29) is 18.3 Å². The minimum absolute atomic E-state index is 0.201. The van der Waals surface area contributed by atoms with Gasteiger partial charge in [-0.3, -0.25) is 4.79 Å². The highest BCUT2D eigenvalue weighted by molar-refractivity contribution is 9.13. The Balaban J connectivity index is 1.38. The number of hydrogen-bond acceptors (Lipinski definition) is 7. The number of para-hydroxylation sites is 1. The summed E-state index contributed by atoms with van der Waals surface area (Å²) in [4.78, 5) is 16.8. The average molecular weight is 690 g/mol. The zero-order valence-corrected chi connectivity index (χ0v) is 24.9. The number of fused-ring (bicyclic) bond motifs is 1. The van der Waals surface area contributed by atoms with Crippen LogP contribution in [0.5, 0.6) is 11.5 Å². The first-order valence-electron chi connectivity index (χ1n) is 10.3. The smallest absolute Gasteiger partial charge is 0.250 e. The lowest BCUT2D eigenvalue weighted by molar-refractivity contribution is -0.118. The van der Waals surface area contributed by atoms with Gasteiger partial charge in [0.1, 0.15) is 6.61 Å². The highest BCUT2D eigenvalue weighted by atomic mass is 79.9. The minimum atomic E-state index is -0.237. The van der Waals surface area contributed by atoms with E-state index < -0.39 is 0 Å². The van der Waals surface area contributed by atoms with Crippen LogP contribution in [0.3, 0.4) is 0 Å². The molecule has 0 fully saturated rings. The number of benzene rings is 3. The van der Waals surface area contributed by atoms with Crippen LogP contribution in [0.4, 0.5) is 0 Å². The molecule has 0 aliphatic heterocycles. The van der Waals surface area contributed by atoms with Gasteiger partial charge in [0.2, 0.25) is 0 Å². The van der Waals surface area contributed by atoms with Gasteiger partial charge in [-0.1, -0.05) is 53.2 Å². The number of aromatic nitrogens is 1. The maximum atomic E-state index is 12.3. The number of carbonyl (C=O) groups is 1. The Bertz CT molecular complexity index is 1420. The molecule has 1 aromatic heterocycles. The predicted octanol–water partition coefficient (Wildman–Crippen LogP) is 7.96. The fraction of sp³-hybridized carbons (Fsp3) is 0.125. The summed E-state index contributed by atoms with van der Waals surface area (Å²) in [6.45, 7) is 0.258. The molecule has 1 heterocycles. The molecule has 6 nitrogen and oxygen atoms in total. The molecule has 4 rings (SSSR count). The Kier molecular flexibility index (Phi) is 9.54. The lowest BCUT2D eigenvalue weighted by Gasteiger charge is -2.15. The molecule has 36 heavy (non-hydrogen) atoms. The highest BCUT2D eigenvalue weighted by Crippen LogP contribution is 2.42. The van der Waals surface area contributed by atoms with Crippen LogP contribution in [0.15, 0.2) is 66.9 Å². The molecular formula is C24H17Br2Cl2N3O3S2. The fourth-order valence-electron chi connectivity index (χ4n) is 3.02. The number of ether oxygens (including phenoxy) is 2. The van der Waals surface area contributed by atoms with E-state index in [1.54, 1.807) is 36.6 Å². The van der Waals surface area contributed by atoms with E-state index in [0.717, 1.165) is 20.1 Å². The number of hydrogen-bond donors (Lipinski definition) is 1. The van der Waals surface area contributed by atoms with Crippen LogP contribution < -0.4 is 14.9 Å². The topological polar surface area (TPSA) is 72.8 Å². The number of thioether (sulfide) groups is 1. The second-order valence-corrected chi connectivity index (χ2v) is 11.8. The molecule has 0 aliphatic carbocycles. The van der Waals surface area contributed by atoms with Crippen molar-refractivity contribution in [2.75, 3.05) is 12.9 Å². The molecule has 0 saturated heterocycles. The maximum absolute atomic E-state index is 12.3. The van der Waals surface area contributed by atoms with Crippen LogP contribution in [0, 0.1) is 0 Å². The number of nitrogens with zero attached hydrogens (tertiary/aromatic N) is 2. The number of carbonyl (C=O) groups excluding carboxylic acids is 1. The Morgan fingerprint density at radius 1 is 1.17 bits per heavy atom. The van der Waals surface area contributed by atoms with Crippen LogP contribution in [0.25, 0.3) is 10.2 Å². The van der Waals surface area contributed by atoms with Gasteiger partial charge in [0.15, 0.2) is 15.8 Å². The monoisotopic (exact) mass is 687 g/mol. The van der Waals surface area contributed by atoms with Gasteiger partial charge in [-0.15, -0.1) is 11.3 Å². The molecule has 0 spiro atoms. The molecule has 0 atom stereocenters. The lowest BCUT2D eigenvalue weighted by Crippen LogP contribution is -2.19. The summed E-state index contributed by atoms with van der Waals surface area (Å²) in [6.07, 6.45) is 1.53. The summed E-state index contributed by atoms with van der Waals surface area (Å²) in [7, 11) is 1.55. The predicted molar refractivity (Wildman–Crippen MR) is 155 cm³/mol. The molecule has 0 unspecified atom stereocenters. The van der Waals surface area contributed by atoms with Crippen LogP contribution in [0.1, 0.15) is 11.1 Å². The summed E-state index contributed by atoms with van der Waals surface area (Å²) in [6, 6.07) is 14.9. The third kappa shape index (κ3) is 6.73. The van der Waals surface area contributed by atoms with E-state index in [1.807, 2.05) is 30.3 Å². The number of hydrazone groups is 1. The van der Waals surface area contributed by atoms with Crippen molar-refractivity contribution in [1.29, 1.82) is 0 Å². The van der Waals surface area contributed by atoms with E-state index in [4.69, 9.17) is 32.7 Å². The number of amides is 1. The zero-order chi connectivity index (χ0) is 25.7. The average Bonchev–Trinajstić information content (AvgIpc) is 3.30. The first kappa shape index (κ1) is 27.2. The summed E-state index contributed by atoms with van der Waals surface area (Å²) in [5.41, 5.74) is 5.01. The molecule has 1 N–H and O–H groups in total. The van der Waals surface area contributed by atoms with Crippen molar-refractivity contribution >= 4 is 100 Å². The SMILES string of the molecule is COc1cc(/C=N/NC(=O)CSc2nc3ccccc3s2)c(Br)c(Br)c1OCc1ccc(Cl)c(Cl)c1. The molecule has 0 radical (unpaired) electrons. The van der Waals surface area contributed by atoms with Crippen LogP contribution in [-0.2, 0) is 11.4 Å². The number of nitrogens with one attached hydrogen (secondary N) is 1. The quantitative estimate of drug-likeness (QED) is 0.110. The zero-order valence-electron chi connectivity index (χ0n) is 18.6. The molecule has 0 saturated carbocycles. The molecule has 186 valence electrons. The molecule has 4 aromatic rings. The van der Waals surface area contributed by atoms with Gasteiger partial charge in [0.05, 0.1) is 43.8 Å². The first-order valence-corrected chi connectivity index (χ1v) is 14.4. The van der Waals surface area contributed by atoms with Crippen molar-refractivity contribution in [3.63, 3.8) is 0 Å². The summed E-state index contributed by atoms with van der Waals surface area (Å²) >= 11 is 22.1. The first-order chi connectivity index (χ1) is 17.4. The second kappa shape index (κ2) is 12.6. The van der Waals surface area contributed by atoms with Crippen molar-refractivity contribution in [3.05, 3.63) is 78.6 Å². The van der Waals surface area contributed by atoms with Crippen LogP contribution >= 0.6 is 78.2 Å². The normalized spacial score (nSPS) is 11.2. The maximum Gasteiger partial charge on any atom is 0.250 e. The Morgan fingerprint density at radius 3 is 2.72 bits per heavy atom. The van der Waals surface area contributed by atoms with E-state index in [0.29, 0.717) is 36.1 Å². The van der Waals surface area contributed by atoms with Gasteiger partial charge in [-0.2, -0.15) is 5.10 Å². The largest absolute Gasteiger partial charge is 0.493 e. The Labute approximate surface area is 242 Å². The summed E-state index contributed by atoms with van der Waals surface area (Å²) in [5, 5.41) is 5.02. The van der Waals surface area contributed by atoms with Crippen LogP contribution in [-0.4, -0.2) is 30.0 Å². The van der Waals surface area contributed by atoms with Gasteiger partial charge in [0, 0.05) is 10.0 Å². The number of methoxy groups -OCH3 is 1. The molecule has 0 bridgehead atoms. The molecular weight excluding hydrogens is 673 g/mol. The van der Waals surface area contributed by atoms with E-state index in [9.17, 15) is 4.79 Å². The van der Waals surface area contributed by atoms with E-state index >= 15 is 0 Å². The van der Waals surface area contributed by atoms with Gasteiger partial charge in [-0.25, -0.2) is 10.4 Å². The van der Waals surface area contributed by atoms with Gasteiger partial charge in [-0.05, 0) is 67.8 Å². The van der Waals surface area contributed by atoms with Crippen molar-refractivity contribution in [2.45, 2.75) is 10.9 Å². The molecule has 3 aromatic carbocycles. The third-order valence-electron chi connectivity index (χ3n) is 4.74. The minimum Gasteiger partial charge on any atom is -0.493 e. The fourth-order valence-corrected chi connectivity index (χ4v) is 6.13. The van der Waals surface area contributed by atoms with Gasteiger partial charge >= 0.3 is 0 Å². The third-order valence-corrected chi connectivity index (χ3v) is 9.80. The van der Waals surface area contributed by atoms with Crippen molar-refractivity contribution < 1.29 is 14.3 Å². The second-order valence-electron chi connectivity index (χ2n) is 7.19. The summed E-state index contributed by atoms with van der Waals surface area (Å²) < 4.78 is 14.8. The molecule has 1 amide bonds. The van der Waals surface area contributed by atoms with Crippen molar-refractivity contribution in [1.82, 2.24) is 10.4 Å². The van der Waals surface area contributed by atoms with Crippen molar-refractivity contribution in [2.24, 2.45) is 5.10 Å². The van der Waals surface area contributed by atoms with Gasteiger partial charge in [0.25, 0.3) is 5.91 Å². The van der Waals surface area contributed by atoms with Gasteiger partial charge < -0.3 is 9.47 Å². The molecule has 0 aliphatic rings. The van der Waals surface area contributed by atoms with E-state index in [2.05, 4.69) is 47.4 Å². The Morgan fingerprint density at radius 2 is 1.97 bits per heavy atom. The standard InChI is InChI=1S/C24H17Br2Cl2N3O3S2/c1-33-18-9-14(21(25)22(26)23(18)34-11-13-6-7-15(27)16(28)8-13)10-29-31-20(32)12-35-24-30-17-4-2-3-5-19(17)36-24/h2-10H,11-12H2,1H3,(H,31,32)/b29-10+.